The van der Waals surface area contributed by atoms with Gasteiger partial charge in [0.15, 0.2) is 5.69 Å². The fourth-order valence-corrected chi connectivity index (χ4v) is 2.04. The number of piperidine rings is 1. The zero-order chi connectivity index (χ0) is 9.97. The summed E-state index contributed by atoms with van der Waals surface area (Å²) in [5.41, 5.74) is 6.22. The molecule has 0 unspecified atom stereocenters. The number of hydrogen-bond acceptors (Lipinski definition) is 5. The van der Waals surface area contributed by atoms with E-state index in [1.165, 1.54) is 11.5 Å². The summed E-state index contributed by atoms with van der Waals surface area (Å²) in [6.07, 6.45) is 1.98. The highest BCUT2D eigenvalue weighted by atomic mass is 32.1. The Bertz CT molecular complexity index is 313. The van der Waals surface area contributed by atoms with Crippen LogP contribution in [0.1, 0.15) is 23.3 Å². The number of carbonyl (C=O) groups excluding carboxylic acids is 1. The van der Waals surface area contributed by atoms with Crippen molar-refractivity contribution in [3.05, 3.63) is 11.1 Å². The van der Waals surface area contributed by atoms with Gasteiger partial charge in [0.05, 0.1) is 0 Å². The van der Waals surface area contributed by atoms with E-state index < -0.39 is 0 Å². The standard InChI is InChI=1S/C8H12N4OS/c9-6-2-1-3-12(4-6)8(13)7-5-14-11-10-7/h5-6H,1-4,9H2/t6-/m1/s1. The summed E-state index contributed by atoms with van der Waals surface area (Å²) in [6, 6.07) is 0.110. The maximum absolute atomic E-state index is 11.8. The summed E-state index contributed by atoms with van der Waals surface area (Å²) in [5, 5.41) is 5.42. The van der Waals surface area contributed by atoms with Crippen LogP contribution in [0, 0.1) is 0 Å². The Kier molecular flexibility index (Phi) is 2.74. The summed E-state index contributed by atoms with van der Waals surface area (Å²) >= 11 is 1.19. The van der Waals surface area contributed by atoms with Crippen molar-refractivity contribution in [2.24, 2.45) is 5.73 Å². The molecule has 1 aliphatic heterocycles. The molecule has 0 aliphatic carbocycles. The lowest BCUT2D eigenvalue weighted by Crippen LogP contribution is -2.45. The van der Waals surface area contributed by atoms with Crippen molar-refractivity contribution in [2.45, 2.75) is 18.9 Å². The Balaban J connectivity index is 2.04. The van der Waals surface area contributed by atoms with Gasteiger partial charge in [0.25, 0.3) is 5.91 Å². The van der Waals surface area contributed by atoms with Crippen molar-refractivity contribution >= 4 is 17.4 Å². The first-order valence-electron chi connectivity index (χ1n) is 4.59. The molecule has 76 valence electrons. The second kappa shape index (κ2) is 4.02. The van der Waals surface area contributed by atoms with Crippen LogP contribution in [0.2, 0.25) is 0 Å². The second-order valence-corrected chi connectivity index (χ2v) is 4.05. The number of rotatable bonds is 1. The maximum atomic E-state index is 11.8. The van der Waals surface area contributed by atoms with E-state index in [1.807, 2.05) is 0 Å². The Labute approximate surface area is 86.1 Å². The molecule has 0 saturated carbocycles. The van der Waals surface area contributed by atoms with E-state index in [4.69, 9.17) is 5.73 Å². The van der Waals surface area contributed by atoms with Crippen LogP contribution in [0.3, 0.4) is 0 Å². The minimum absolute atomic E-state index is 0.0473. The van der Waals surface area contributed by atoms with E-state index in [-0.39, 0.29) is 11.9 Å². The van der Waals surface area contributed by atoms with Crippen LogP contribution >= 0.6 is 11.5 Å². The van der Waals surface area contributed by atoms with E-state index in [1.54, 1.807) is 10.3 Å². The van der Waals surface area contributed by atoms with Gasteiger partial charge >= 0.3 is 0 Å². The van der Waals surface area contributed by atoms with E-state index in [2.05, 4.69) is 9.59 Å². The molecule has 0 bridgehead atoms. The van der Waals surface area contributed by atoms with Gasteiger partial charge in [-0.25, -0.2) is 0 Å². The van der Waals surface area contributed by atoms with Crippen LogP contribution in [0.25, 0.3) is 0 Å². The lowest BCUT2D eigenvalue weighted by atomic mass is 10.1. The zero-order valence-corrected chi connectivity index (χ0v) is 8.54. The highest BCUT2D eigenvalue weighted by molar-refractivity contribution is 7.03. The SMILES string of the molecule is N[C@@H]1CCCN(C(=O)c2csnn2)C1. The fourth-order valence-electron chi connectivity index (χ4n) is 1.61. The fraction of sp³-hybridized carbons (Fsp3) is 0.625. The van der Waals surface area contributed by atoms with Crippen LogP contribution in [0.4, 0.5) is 0 Å². The molecular weight excluding hydrogens is 200 g/mol. The first kappa shape index (κ1) is 9.54. The van der Waals surface area contributed by atoms with E-state index in [9.17, 15) is 4.79 Å². The maximum Gasteiger partial charge on any atom is 0.275 e. The summed E-state index contributed by atoms with van der Waals surface area (Å²) in [7, 11) is 0. The Morgan fingerprint density at radius 3 is 3.21 bits per heavy atom. The monoisotopic (exact) mass is 212 g/mol. The molecule has 1 fully saturated rings. The molecule has 1 atom stereocenters. The van der Waals surface area contributed by atoms with Gasteiger partial charge in [0, 0.05) is 24.5 Å². The van der Waals surface area contributed by atoms with Crippen molar-refractivity contribution in [1.82, 2.24) is 14.5 Å². The molecule has 2 N–H and O–H groups in total. The number of nitrogens with two attached hydrogens (primary N) is 1. The molecule has 1 aromatic rings. The molecule has 1 aliphatic rings. The molecule has 2 heterocycles. The van der Waals surface area contributed by atoms with Crippen molar-refractivity contribution < 1.29 is 4.79 Å². The lowest BCUT2D eigenvalue weighted by molar-refractivity contribution is 0.0703. The molecule has 1 aromatic heterocycles. The third-order valence-corrected chi connectivity index (χ3v) is 2.83. The highest BCUT2D eigenvalue weighted by Crippen LogP contribution is 2.11. The average molecular weight is 212 g/mol. The van der Waals surface area contributed by atoms with Crippen molar-refractivity contribution in [3.63, 3.8) is 0 Å². The molecule has 0 aromatic carbocycles. The number of aromatic nitrogens is 2. The molecule has 0 radical (unpaired) electrons. The van der Waals surface area contributed by atoms with E-state index in [0.29, 0.717) is 12.2 Å². The number of nitrogens with zero attached hydrogens (tertiary/aromatic N) is 3. The first-order valence-corrected chi connectivity index (χ1v) is 5.43. The Morgan fingerprint density at radius 2 is 2.57 bits per heavy atom. The minimum atomic E-state index is -0.0473. The van der Waals surface area contributed by atoms with Gasteiger partial charge in [-0.15, -0.1) is 5.10 Å². The molecular formula is C8H12N4OS. The normalized spacial score (nSPS) is 22.4. The third-order valence-electron chi connectivity index (χ3n) is 2.32. The molecule has 0 spiro atoms. The van der Waals surface area contributed by atoms with Crippen molar-refractivity contribution in [2.75, 3.05) is 13.1 Å². The van der Waals surface area contributed by atoms with Gasteiger partial charge in [-0.2, -0.15) is 0 Å². The van der Waals surface area contributed by atoms with Crippen LogP contribution in [-0.2, 0) is 0 Å². The molecule has 1 amide bonds. The molecule has 14 heavy (non-hydrogen) atoms. The third kappa shape index (κ3) is 1.91. The summed E-state index contributed by atoms with van der Waals surface area (Å²) in [6.45, 7) is 1.42. The topological polar surface area (TPSA) is 72.1 Å². The van der Waals surface area contributed by atoms with Gasteiger partial charge in [-0.05, 0) is 24.4 Å². The van der Waals surface area contributed by atoms with E-state index in [0.717, 1.165) is 19.4 Å². The number of carbonyl (C=O) groups is 1. The van der Waals surface area contributed by atoms with Gasteiger partial charge in [-0.1, -0.05) is 4.49 Å². The highest BCUT2D eigenvalue weighted by Gasteiger charge is 2.23. The lowest BCUT2D eigenvalue weighted by Gasteiger charge is -2.30. The average Bonchev–Trinajstić information content (AvgIpc) is 2.69. The molecule has 1 saturated heterocycles. The predicted octanol–water partition coefficient (Wildman–Crippen LogP) is 0.101. The quantitative estimate of drug-likeness (QED) is 0.716. The summed E-state index contributed by atoms with van der Waals surface area (Å²) in [4.78, 5) is 13.5. The van der Waals surface area contributed by atoms with Gasteiger partial charge in [0.1, 0.15) is 0 Å². The predicted molar refractivity (Wildman–Crippen MR) is 53.0 cm³/mol. The van der Waals surface area contributed by atoms with Gasteiger partial charge in [0.2, 0.25) is 0 Å². The van der Waals surface area contributed by atoms with Gasteiger partial charge < -0.3 is 10.6 Å². The first-order chi connectivity index (χ1) is 6.77. The summed E-state index contributed by atoms with van der Waals surface area (Å²) < 4.78 is 3.67. The van der Waals surface area contributed by atoms with Crippen LogP contribution in [0.5, 0.6) is 0 Å². The van der Waals surface area contributed by atoms with E-state index >= 15 is 0 Å². The minimum Gasteiger partial charge on any atom is -0.336 e. The zero-order valence-electron chi connectivity index (χ0n) is 7.72. The summed E-state index contributed by atoms with van der Waals surface area (Å²) in [5.74, 6) is -0.0473. The Morgan fingerprint density at radius 1 is 1.71 bits per heavy atom. The number of likely N-dealkylation sites (tertiary alicyclic amines) is 1. The molecule has 5 nitrogen and oxygen atoms in total. The van der Waals surface area contributed by atoms with Crippen LogP contribution in [0.15, 0.2) is 5.38 Å². The van der Waals surface area contributed by atoms with Crippen molar-refractivity contribution in [3.8, 4) is 0 Å². The number of hydrogen-bond donors (Lipinski definition) is 1. The van der Waals surface area contributed by atoms with Crippen LogP contribution in [-0.4, -0.2) is 39.5 Å². The number of amides is 1. The van der Waals surface area contributed by atoms with Gasteiger partial charge in [-0.3, -0.25) is 4.79 Å². The Hall–Kier alpha value is -1.01. The molecule has 2 rings (SSSR count). The second-order valence-electron chi connectivity index (χ2n) is 3.44. The molecule has 6 heteroatoms. The van der Waals surface area contributed by atoms with Crippen molar-refractivity contribution in [1.29, 1.82) is 0 Å². The largest absolute Gasteiger partial charge is 0.336 e. The smallest absolute Gasteiger partial charge is 0.275 e. The van der Waals surface area contributed by atoms with Crippen LogP contribution < -0.4 is 5.73 Å².